The first-order chi connectivity index (χ1) is 9.65. The summed E-state index contributed by atoms with van der Waals surface area (Å²) in [6.07, 6.45) is 1.55. The van der Waals surface area contributed by atoms with Crippen LogP contribution in [0.25, 0.3) is 11.2 Å². The van der Waals surface area contributed by atoms with Gasteiger partial charge in [0.05, 0.1) is 13.4 Å². The fraction of sp³-hybridized carbons (Fsp3) is 0.0833. The Kier molecular flexibility index (Phi) is 3.15. The molecule has 0 saturated heterocycles. The van der Waals surface area contributed by atoms with Crippen LogP contribution in [0.3, 0.4) is 0 Å². The molecule has 0 unspecified atom stereocenters. The van der Waals surface area contributed by atoms with Gasteiger partial charge in [-0.1, -0.05) is 15.9 Å². The monoisotopic (exact) mass is 334 g/mol. The van der Waals surface area contributed by atoms with Crippen LogP contribution >= 0.6 is 15.9 Å². The largest absolute Gasteiger partial charge is 0.497 e. The third-order valence-electron chi connectivity index (χ3n) is 2.67. The Morgan fingerprint density at radius 2 is 2.15 bits per heavy atom. The van der Waals surface area contributed by atoms with Crippen molar-refractivity contribution in [1.82, 2.24) is 19.9 Å². The maximum Gasteiger partial charge on any atom is 0.224 e. The number of nitrogens with zero attached hydrogens (tertiary/aromatic N) is 3. The van der Waals surface area contributed by atoms with E-state index in [9.17, 15) is 0 Å². The lowest BCUT2D eigenvalue weighted by atomic mass is 10.3. The molecule has 4 N–H and O–H groups in total. The van der Waals surface area contributed by atoms with Crippen LogP contribution in [-0.4, -0.2) is 27.0 Å². The number of methoxy groups -OCH3 is 1. The fourth-order valence-electron chi connectivity index (χ4n) is 1.83. The Labute approximate surface area is 122 Å². The maximum atomic E-state index is 5.67. The summed E-state index contributed by atoms with van der Waals surface area (Å²) in [5, 5.41) is 3.18. The van der Waals surface area contributed by atoms with E-state index in [1.165, 1.54) is 0 Å². The van der Waals surface area contributed by atoms with E-state index in [1.807, 2.05) is 18.2 Å². The van der Waals surface area contributed by atoms with Gasteiger partial charge < -0.3 is 20.8 Å². The zero-order valence-electron chi connectivity index (χ0n) is 10.5. The fourth-order valence-corrected chi connectivity index (χ4v) is 2.30. The number of imidazole rings is 1. The van der Waals surface area contributed by atoms with Crippen LogP contribution in [0.1, 0.15) is 0 Å². The number of aromatic amines is 1. The molecule has 102 valence electrons. The first kappa shape index (κ1) is 12.7. The van der Waals surface area contributed by atoms with Gasteiger partial charge in [0, 0.05) is 16.2 Å². The third-order valence-corrected chi connectivity index (χ3v) is 3.13. The number of halogens is 1. The second-order valence-electron chi connectivity index (χ2n) is 4.04. The lowest BCUT2D eigenvalue weighted by Crippen LogP contribution is -2.01. The number of rotatable bonds is 3. The number of nitrogens with one attached hydrogen (secondary N) is 2. The van der Waals surface area contributed by atoms with E-state index in [-0.39, 0.29) is 5.95 Å². The standard InChI is InChI=1S/C12H11BrN6O/c1-20-8-3-6(13)2-7(4-8)17-11-9-10(16-5-15-9)18-12(14)19-11/h2-5H,1H3,(H4,14,15,16,17,18,19). The van der Waals surface area contributed by atoms with Crippen molar-refractivity contribution in [3.63, 3.8) is 0 Å². The third kappa shape index (κ3) is 2.37. The van der Waals surface area contributed by atoms with Gasteiger partial charge in [0.15, 0.2) is 11.5 Å². The Hall–Kier alpha value is -2.35. The van der Waals surface area contributed by atoms with Gasteiger partial charge in [-0.15, -0.1) is 0 Å². The van der Waals surface area contributed by atoms with E-state index < -0.39 is 0 Å². The second kappa shape index (κ2) is 4.97. The normalized spacial score (nSPS) is 10.7. The molecule has 0 bridgehead atoms. The zero-order chi connectivity index (χ0) is 14.1. The molecule has 0 spiro atoms. The second-order valence-corrected chi connectivity index (χ2v) is 4.95. The van der Waals surface area contributed by atoms with Crippen molar-refractivity contribution in [1.29, 1.82) is 0 Å². The highest BCUT2D eigenvalue weighted by atomic mass is 79.9. The van der Waals surface area contributed by atoms with Gasteiger partial charge in [0.2, 0.25) is 5.95 Å². The number of fused-ring (bicyclic) bond motifs is 1. The topological polar surface area (TPSA) is 102 Å². The molecule has 7 nitrogen and oxygen atoms in total. The number of hydrogen-bond acceptors (Lipinski definition) is 6. The molecule has 2 aromatic heterocycles. The smallest absolute Gasteiger partial charge is 0.224 e. The van der Waals surface area contributed by atoms with Gasteiger partial charge in [-0.3, -0.25) is 0 Å². The Bertz CT molecular complexity index is 772. The Balaban J connectivity index is 2.04. The maximum absolute atomic E-state index is 5.67. The van der Waals surface area contributed by atoms with Crippen LogP contribution in [-0.2, 0) is 0 Å². The molecule has 0 fully saturated rings. The molecule has 1 aromatic carbocycles. The molecular weight excluding hydrogens is 324 g/mol. The van der Waals surface area contributed by atoms with Crippen molar-refractivity contribution in [3.05, 3.63) is 29.0 Å². The summed E-state index contributed by atoms with van der Waals surface area (Å²) in [5.41, 5.74) is 7.69. The quantitative estimate of drug-likeness (QED) is 0.680. The summed E-state index contributed by atoms with van der Waals surface area (Å²) in [4.78, 5) is 15.3. The molecular formula is C12H11BrN6O. The average Bonchev–Trinajstić information content (AvgIpc) is 2.86. The number of aromatic nitrogens is 4. The lowest BCUT2D eigenvalue weighted by Gasteiger charge is -2.09. The highest BCUT2D eigenvalue weighted by Crippen LogP contribution is 2.28. The molecule has 0 atom stereocenters. The average molecular weight is 335 g/mol. The molecule has 8 heteroatoms. The van der Waals surface area contributed by atoms with Gasteiger partial charge >= 0.3 is 0 Å². The molecule has 20 heavy (non-hydrogen) atoms. The van der Waals surface area contributed by atoms with Gasteiger partial charge in [-0.25, -0.2) is 4.98 Å². The molecule has 2 heterocycles. The molecule has 0 aliphatic rings. The SMILES string of the molecule is COc1cc(Br)cc(Nc2nc(N)nc3nc[nH]c23)c1. The first-order valence-corrected chi connectivity index (χ1v) is 6.53. The van der Waals surface area contributed by atoms with Crippen molar-refractivity contribution >= 4 is 44.5 Å². The van der Waals surface area contributed by atoms with Crippen LogP contribution in [0, 0.1) is 0 Å². The highest BCUT2D eigenvalue weighted by Gasteiger charge is 2.09. The molecule has 0 aliphatic carbocycles. The predicted octanol–water partition coefficient (Wildman–Crippen LogP) is 2.45. The molecule has 3 rings (SSSR count). The van der Waals surface area contributed by atoms with E-state index in [4.69, 9.17) is 10.5 Å². The molecule has 0 radical (unpaired) electrons. The number of nitrogen functional groups attached to an aromatic ring is 1. The van der Waals surface area contributed by atoms with E-state index in [0.29, 0.717) is 17.0 Å². The zero-order valence-corrected chi connectivity index (χ0v) is 12.1. The summed E-state index contributed by atoms with van der Waals surface area (Å²) in [6.45, 7) is 0. The van der Waals surface area contributed by atoms with Gasteiger partial charge in [-0.2, -0.15) is 9.97 Å². The van der Waals surface area contributed by atoms with Crippen LogP contribution in [0.5, 0.6) is 5.75 Å². The Morgan fingerprint density at radius 3 is 2.95 bits per heavy atom. The number of nitrogens with two attached hydrogens (primary N) is 1. The minimum atomic E-state index is 0.161. The summed E-state index contributed by atoms with van der Waals surface area (Å²) < 4.78 is 6.11. The van der Waals surface area contributed by atoms with Crippen LogP contribution in [0.2, 0.25) is 0 Å². The number of anilines is 3. The number of hydrogen-bond donors (Lipinski definition) is 3. The van der Waals surface area contributed by atoms with Crippen molar-refractivity contribution in [2.45, 2.75) is 0 Å². The van der Waals surface area contributed by atoms with Crippen molar-refractivity contribution in [2.24, 2.45) is 0 Å². The Morgan fingerprint density at radius 1 is 1.30 bits per heavy atom. The highest BCUT2D eigenvalue weighted by molar-refractivity contribution is 9.10. The first-order valence-electron chi connectivity index (χ1n) is 5.74. The van der Waals surface area contributed by atoms with Crippen LogP contribution in [0.15, 0.2) is 29.0 Å². The minimum Gasteiger partial charge on any atom is -0.497 e. The number of benzene rings is 1. The molecule has 0 amide bonds. The van der Waals surface area contributed by atoms with Crippen LogP contribution in [0.4, 0.5) is 17.5 Å². The predicted molar refractivity (Wildman–Crippen MR) is 80.1 cm³/mol. The number of H-pyrrole nitrogens is 1. The number of ether oxygens (including phenoxy) is 1. The summed E-state index contributed by atoms with van der Waals surface area (Å²) in [5.74, 6) is 1.45. The lowest BCUT2D eigenvalue weighted by molar-refractivity contribution is 0.415. The summed E-state index contributed by atoms with van der Waals surface area (Å²) in [7, 11) is 1.61. The van der Waals surface area contributed by atoms with Gasteiger partial charge in [0.25, 0.3) is 0 Å². The molecule has 0 aliphatic heterocycles. The minimum absolute atomic E-state index is 0.161. The summed E-state index contributed by atoms with van der Waals surface area (Å²) in [6, 6.07) is 5.62. The van der Waals surface area contributed by atoms with Crippen molar-refractivity contribution in [2.75, 3.05) is 18.2 Å². The summed E-state index contributed by atoms with van der Waals surface area (Å²) >= 11 is 3.43. The molecule has 3 aromatic rings. The molecule has 0 saturated carbocycles. The van der Waals surface area contributed by atoms with Gasteiger partial charge in [-0.05, 0) is 12.1 Å². The van der Waals surface area contributed by atoms with E-state index in [1.54, 1.807) is 13.4 Å². The van der Waals surface area contributed by atoms with E-state index in [2.05, 4.69) is 41.2 Å². The van der Waals surface area contributed by atoms with E-state index in [0.717, 1.165) is 15.9 Å². The van der Waals surface area contributed by atoms with Crippen molar-refractivity contribution < 1.29 is 4.74 Å². The van der Waals surface area contributed by atoms with Crippen molar-refractivity contribution in [3.8, 4) is 5.75 Å². The van der Waals surface area contributed by atoms with E-state index >= 15 is 0 Å². The van der Waals surface area contributed by atoms with Gasteiger partial charge in [0.1, 0.15) is 11.3 Å². The van der Waals surface area contributed by atoms with Crippen LogP contribution < -0.4 is 15.8 Å².